The minimum Gasteiger partial charge on any atom is -0.461 e. The predicted octanol–water partition coefficient (Wildman–Crippen LogP) is 4.95. The lowest BCUT2D eigenvalue weighted by Crippen LogP contribution is -2.31. The second-order valence-electron chi connectivity index (χ2n) is 6.68. The van der Waals surface area contributed by atoms with Crippen LogP contribution < -0.4 is 5.32 Å². The monoisotopic (exact) mass is 285 g/mol. The van der Waals surface area contributed by atoms with Crippen LogP contribution in [0.1, 0.15) is 51.2 Å². The Morgan fingerprint density at radius 2 is 2.10 bits per heavy atom. The summed E-state index contributed by atoms with van der Waals surface area (Å²) in [6, 6.07) is 10.6. The van der Waals surface area contributed by atoms with E-state index in [4.69, 9.17) is 4.42 Å². The number of para-hydroxylation sites is 1. The highest BCUT2D eigenvalue weighted by atomic mass is 16.3. The van der Waals surface area contributed by atoms with E-state index in [0.29, 0.717) is 11.8 Å². The Kier molecular flexibility index (Phi) is 4.64. The van der Waals surface area contributed by atoms with Crippen molar-refractivity contribution in [2.75, 3.05) is 13.1 Å². The molecule has 0 spiro atoms. The third kappa shape index (κ3) is 3.32. The molecule has 0 saturated heterocycles. The molecule has 1 aliphatic rings. The van der Waals surface area contributed by atoms with E-state index in [1.165, 1.54) is 36.8 Å². The smallest absolute Gasteiger partial charge is 0.134 e. The summed E-state index contributed by atoms with van der Waals surface area (Å²) >= 11 is 0. The minimum absolute atomic E-state index is 0.575. The van der Waals surface area contributed by atoms with Crippen molar-refractivity contribution < 1.29 is 4.42 Å². The first-order valence-electron chi connectivity index (χ1n) is 8.47. The highest BCUT2D eigenvalue weighted by molar-refractivity contribution is 5.77. The maximum Gasteiger partial charge on any atom is 0.134 e. The highest BCUT2D eigenvalue weighted by Crippen LogP contribution is 2.41. The van der Waals surface area contributed by atoms with E-state index in [1.807, 2.05) is 0 Å². The predicted molar refractivity (Wildman–Crippen MR) is 88.6 cm³/mol. The van der Waals surface area contributed by atoms with Crippen LogP contribution >= 0.6 is 0 Å². The lowest BCUT2D eigenvalue weighted by molar-refractivity contribution is 0.221. The van der Waals surface area contributed by atoms with Crippen molar-refractivity contribution in [2.24, 2.45) is 11.8 Å². The van der Waals surface area contributed by atoms with Crippen molar-refractivity contribution in [3.8, 4) is 0 Å². The Labute approximate surface area is 127 Å². The normalized spacial score (nSPS) is 26.3. The number of hydrogen-bond acceptors (Lipinski definition) is 2. The Morgan fingerprint density at radius 1 is 1.24 bits per heavy atom. The van der Waals surface area contributed by atoms with Crippen LogP contribution in [0.5, 0.6) is 0 Å². The molecule has 3 unspecified atom stereocenters. The van der Waals surface area contributed by atoms with Crippen LogP contribution in [0.2, 0.25) is 0 Å². The van der Waals surface area contributed by atoms with Gasteiger partial charge in [0, 0.05) is 11.3 Å². The molecule has 0 amide bonds. The van der Waals surface area contributed by atoms with E-state index >= 15 is 0 Å². The van der Waals surface area contributed by atoms with Gasteiger partial charge >= 0.3 is 0 Å². The molecule has 1 fully saturated rings. The Hall–Kier alpha value is -1.28. The largest absolute Gasteiger partial charge is 0.461 e. The molecule has 0 bridgehead atoms. The molecule has 21 heavy (non-hydrogen) atoms. The maximum absolute atomic E-state index is 6.16. The van der Waals surface area contributed by atoms with Crippen molar-refractivity contribution in [1.82, 2.24) is 5.32 Å². The molecule has 1 saturated carbocycles. The number of rotatable bonds is 5. The van der Waals surface area contributed by atoms with Gasteiger partial charge in [-0.3, -0.25) is 0 Å². The van der Waals surface area contributed by atoms with Gasteiger partial charge in [-0.25, -0.2) is 0 Å². The average Bonchev–Trinajstić information content (AvgIpc) is 2.92. The van der Waals surface area contributed by atoms with Gasteiger partial charge in [0.2, 0.25) is 0 Å². The van der Waals surface area contributed by atoms with Gasteiger partial charge in [0.25, 0.3) is 0 Å². The average molecular weight is 285 g/mol. The second-order valence-corrected chi connectivity index (χ2v) is 6.68. The van der Waals surface area contributed by atoms with Gasteiger partial charge in [0.1, 0.15) is 11.3 Å². The third-order valence-electron chi connectivity index (χ3n) is 4.90. The van der Waals surface area contributed by atoms with Crippen LogP contribution in [0.4, 0.5) is 0 Å². The first-order chi connectivity index (χ1) is 10.3. The van der Waals surface area contributed by atoms with E-state index in [2.05, 4.69) is 49.5 Å². The van der Waals surface area contributed by atoms with E-state index in [0.717, 1.165) is 24.6 Å². The van der Waals surface area contributed by atoms with Crippen LogP contribution in [-0.4, -0.2) is 13.1 Å². The third-order valence-corrected chi connectivity index (χ3v) is 4.90. The zero-order valence-electron chi connectivity index (χ0n) is 13.3. The topological polar surface area (TPSA) is 25.2 Å². The van der Waals surface area contributed by atoms with E-state index in [1.54, 1.807) is 0 Å². The first kappa shape index (κ1) is 14.6. The van der Waals surface area contributed by atoms with Crippen LogP contribution in [0.25, 0.3) is 11.0 Å². The molecular formula is C19H27NO. The number of nitrogens with one attached hydrogen (secondary N) is 1. The number of furan rings is 1. The van der Waals surface area contributed by atoms with Gasteiger partial charge in [0.15, 0.2) is 0 Å². The molecular weight excluding hydrogens is 258 g/mol. The first-order valence-corrected chi connectivity index (χ1v) is 8.47. The lowest BCUT2D eigenvalue weighted by Gasteiger charge is -2.34. The van der Waals surface area contributed by atoms with E-state index < -0.39 is 0 Å². The van der Waals surface area contributed by atoms with Gasteiger partial charge in [-0.05, 0) is 56.3 Å². The molecule has 0 aliphatic heterocycles. The summed E-state index contributed by atoms with van der Waals surface area (Å²) < 4.78 is 6.16. The Bertz CT molecular complexity index is 541. The summed E-state index contributed by atoms with van der Waals surface area (Å²) in [5.41, 5.74) is 1.03. The van der Waals surface area contributed by atoms with E-state index in [9.17, 15) is 0 Å². The van der Waals surface area contributed by atoms with Gasteiger partial charge in [-0.1, -0.05) is 38.5 Å². The minimum atomic E-state index is 0.575. The molecule has 1 aromatic carbocycles. The molecule has 1 heterocycles. The zero-order valence-corrected chi connectivity index (χ0v) is 13.3. The molecule has 1 N–H and O–H groups in total. The second kappa shape index (κ2) is 6.65. The van der Waals surface area contributed by atoms with Crippen LogP contribution in [0.15, 0.2) is 34.7 Å². The molecule has 1 aliphatic carbocycles. The standard InChI is InChI=1S/C19H27NO/c1-3-10-20-13-16-9-8-14(2)11-17(16)19-12-15-6-4-5-7-18(15)21-19/h4-7,12,14,16-17,20H,3,8-11,13H2,1-2H3. The Balaban J connectivity index is 1.80. The summed E-state index contributed by atoms with van der Waals surface area (Å²) in [6.07, 6.45) is 5.14. The Morgan fingerprint density at radius 3 is 2.90 bits per heavy atom. The van der Waals surface area contributed by atoms with Gasteiger partial charge in [-0.2, -0.15) is 0 Å². The van der Waals surface area contributed by atoms with Crippen molar-refractivity contribution in [3.05, 3.63) is 36.1 Å². The molecule has 0 radical (unpaired) electrons. The molecule has 3 rings (SSSR count). The molecule has 2 nitrogen and oxygen atoms in total. The fraction of sp³-hybridized carbons (Fsp3) is 0.579. The van der Waals surface area contributed by atoms with Crippen LogP contribution in [0, 0.1) is 11.8 Å². The highest BCUT2D eigenvalue weighted by Gasteiger charge is 2.31. The number of fused-ring (bicyclic) bond motifs is 1. The van der Waals surface area contributed by atoms with Crippen molar-refractivity contribution >= 4 is 11.0 Å². The maximum atomic E-state index is 6.16. The fourth-order valence-electron chi connectivity index (χ4n) is 3.69. The van der Waals surface area contributed by atoms with Gasteiger partial charge < -0.3 is 9.73 Å². The summed E-state index contributed by atoms with van der Waals surface area (Å²) in [7, 11) is 0. The van der Waals surface area contributed by atoms with Crippen molar-refractivity contribution in [3.63, 3.8) is 0 Å². The molecule has 3 atom stereocenters. The van der Waals surface area contributed by atoms with E-state index in [-0.39, 0.29) is 0 Å². The number of benzene rings is 1. The molecule has 2 heteroatoms. The quantitative estimate of drug-likeness (QED) is 0.786. The SMILES string of the molecule is CCCNCC1CCC(C)CC1c1cc2ccccc2o1. The van der Waals surface area contributed by atoms with Crippen molar-refractivity contribution in [2.45, 2.75) is 45.4 Å². The molecule has 1 aromatic heterocycles. The molecule has 2 aromatic rings. The number of hydrogen-bond donors (Lipinski definition) is 1. The summed E-state index contributed by atoms with van der Waals surface area (Å²) in [6.45, 7) is 6.86. The summed E-state index contributed by atoms with van der Waals surface area (Å²) in [4.78, 5) is 0. The van der Waals surface area contributed by atoms with Gasteiger partial charge in [-0.15, -0.1) is 0 Å². The zero-order chi connectivity index (χ0) is 14.7. The van der Waals surface area contributed by atoms with Crippen LogP contribution in [-0.2, 0) is 0 Å². The molecule has 114 valence electrons. The lowest BCUT2D eigenvalue weighted by atomic mass is 9.73. The van der Waals surface area contributed by atoms with Gasteiger partial charge in [0.05, 0.1) is 0 Å². The van der Waals surface area contributed by atoms with Crippen molar-refractivity contribution in [1.29, 1.82) is 0 Å². The fourth-order valence-corrected chi connectivity index (χ4v) is 3.69. The van der Waals surface area contributed by atoms with Crippen LogP contribution in [0.3, 0.4) is 0 Å². The summed E-state index contributed by atoms with van der Waals surface area (Å²) in [5.74, 6) is 3.30. The summed E-state index contributed by atoms with van der Waals surface area (Å²) in [5, 5.41) is 4.85.